The molecule has 0 unspecified atom stereocenters. The van der Waals surface area contributed by atoms with Crippen LogP contribution in [0.2, 0.25) is 0 Å². The van der Waals surface area contributed by atoms with Gasteiger partial charge < -0.3 is 19.5 Å². The number of alkyl carbamates (subject to hydrolysis) is 1. The van der Waals surface area contributed by atoms with E-state index < -0.39 is 11.7 Å². The summed E-state index contributed by atoms with van der Waals surface area (Å²) in [6.07, 6.45) is 1.49. The molecule has 1 amide bonds. The minimum absolute atomic E-state index is 0.203. The third-order valence-electron chi connectivity index (χ3n) is 3.61. The molecule has 1 aromatic rings. The molecule has 6 nitrogen and oxygen atoms in total. The lowest BCUT2D eigenvalue weighted by atomic mass is 10.1. The molecule has 1 aliphatic carbocycles. The van der Waals surface area contributed by atoms with Crippen molar-refractivity contribution in [3.63, 3.8) is 0 Å². The maximum absolute atomic E-state index is 11.9. The van der Waals surface area contributed by atoms with E-state index >= 15 is 0 Å². The van der Waals surface area contributed by atoms with Gasteiger partial charge in [0.05, 0.1) is 19.1 Å². The van der Waals surface area contributed by atoms with Gasteiger partial charge in [-0.05, 0) is 51.3 Å². The monoisotopic (exact) mass is 335 g/mol. The highest BCUT2D eigenvalue weighted by Gasteiger charge is 2.46. The van der Waals surface area contributed by atoms with Gasteiger partial charge in [0.15, 0.2) is 0 Å². The first-order chi connectivity index (χ1) is 11.2. The summed E-state index contributed by atoms with van der Waals surface area (Å²) in [5, 5.41) is 2.89. The fourth-order valence-corrected chi connectivity index (χ4v) is 2.18. The molecule has 6 heteroatoms. The number of amides is 1. The van der Waals surface area contributed by atoms with Gasteiger partial charge in [0.25, 0.3) is 0 Å². The predicted octanol–water partition coefficient (Wildman–Crippen LogP) is 2.84. The summed E-state index contributed by atoms with van der Waals surface area (Å²) in [7, 11) is 1.36. The summed E-state index contributed by atoms with van der Waals surface area (Å²) >= 11 is 0. The van der Waals surface area contributed by atoms with Gasteiger partial charge in [-0.3, -0.25) is 4.79 Å². The topological polar surface area (TPSA) is 73.9 Å². The number of ether oxygens (including phenoxy) is 3. The van der Waals surface area contributed by atoms with Crippen molar-refractivity contribution in [2.75, 3.05) is 13.7 Å². The van der Waals surface area contributed by atoms with Gasteiger partial charge in [0.2, 0.25) is 0 Å². The molecule has 1 aliphatic rings. The van der Waals surface area contributed by atoms with Crippen molar-refractivity contribution in [2.45, 2.75) is 51.2 Å². The predicted molar refractivity (Wildman–Crippen MR) is 89.0 cm³/mol. The van der Waals surface area contributed by atoms with Gasteiger partial charge >= 0.3 is 12.1 Å². The second-order valence-corrected chi connectivity index (χ2v) is 7.10. The third-order valence-corrected chi connectivity index (χ3v) is 3.61. The van der Waals surface area contributed by atoms with Crippen molar-refractivity contribution >= 4 is 12.1 Å². The Morgan fingerprint density at radius 3 is 2.54 bits per heavy atom. The lowest BCUT2D eigenvalue weighted by molar-refractivity contribution is -0.139. The van der Waals surface area contributed by atoms with Crippen LogP contribution in [0.1, 0.15) is 39.2 Å². The molecule has 132 valence electrons. The average Bonchev–Trinajstić information content (AvgIpc) is 3.23. The lowest BCUT2D eigenvalue weighted by Crippen LogP contribution is -2.44. The van der Waals surface area contributed by atoms with Gasteiger partial charge in [-0.25, -0.2) is 4.79 Å². The molecule has 0 heterocycles. The number of rotatable bonds is 6. The Morgan fingerprint density at radius 1 is 1.25 bits per heavy atom. The molecule has 0 saturated heterocycles. The smallest absolute Gasteiger partial charge is 0.408 e. The van der Waals surface area contributed by atoms with Crippen LogP contribution >= 0.6 is 0 Å². The van der Waals surface area contributed by atoms with Crippen molar-refractivity contribution < 1.29 is 23.8 Å². The van der Waals surface area contributed by atoms with E-state index in [4.69, 9.17) is 9.47 Å². The average molecular weight is 335 g/mol. The quantitative estimate of drug-likeness (QED) is 0.809. The highest BCUT2D eigenvalue weighted by atomic mass is 16.6. The van der Waals surface area contributed by atoms with E-state index in [1.807, 2.05) is 39.0 Å². The zero-order chi connectivity index (χ0) is 17.8. The number of esters is 1. The number of carbonyl (C=O) groups is 2. The summed E-state index contributed by atoms with van der Waals surface area (Å²) in [4.78, 5) is 23.2. The summed E-state index contributed by atoms with van der Waals surface area (Å²) in [5.41, 5.74) is -0.0616. The van der Waals surface area contributed by atoms with Crippen LogP contribution in [0, 0.1) is 0 Å². The fourth-order valence-electron chi connectivity index (χ4n) is 2.18. The zero-order valence-corrected chi connectivity index (χ0v) is 14.7. The summed E-state index contributed by atoms with van der Waals surface area (Å²) in [5.74, 6) is 0.367. The number of hydrogen-bond acceptors (Lipinski definition) is 5. The van der Waals surface area contributed by atoms with Crippen LogP contribution < -0.4 is 10.1 Å². The highest BCUT2D eigenvalue weighted by Crippen LogP contribution is 2.36. The molecule has 0 aliphatic heterocycles. The SMILES string of the molecule is COC(=O)Cc1cccc(OCC2(NC(=O)OC(C)(C)C)CC2)c1. The number of carbonyl (C=O) groups excluding carboxylic acids is 2. The van der Waals surface area contributed by atoms with Crippen LogP contribution in [0.25, 0.3) is 0 Å². The molecular weight excluding hydrogens is 310 g/mol. The summed E-state index contributed by atoms with van der Waals surface area (Å²) in [6, 6.07) is 7.30. The van der Waals surface area contributed by atoms with Crippen LogP contribution in [0.15, 0.2) is 24.3 Å². The van der Waals surface area contributed by atoms with E-state index in [0.717, 1.165) is 18.4 Å². The van der Waals surface area contributed by atoms with Crippen LogP contribution in [0.4, 0.5) is 4.79 Å². The van der Waals surface area contributed by atoms with Crippen LogP contribution in [0.3, 0.4) is 0 Å². The van der Waals surface area contributed by atoms with E-state index in [1.165, 1.54) is 7.11 Å². The van der Waals surface area contributed by atoms with E-state index in [0.29, 0.717) is 12.4 Å². The first-order valence-corrected chi connectivity index (χ1v) is 8.01. The normalized spacial score (nSPS) is 15.3. The van der Waals surface area contributed by atoms with E-state index in [-0.39, 0.29) is 17.9 Å². The molecule has 1 N–H and O–H groups in total. The van der Waals surface area contributed by atoms with Gasteiger partial charge in [0, 0.05) is 0 Å². The maximum atomic E-state index is 11.9. The Morgan fingerprint density at radius 2 is 1.96 bits per heavy atom. The van der Waals surface area contributed by atoms with Crippen LogP contribution in [-0.2, 0) is 20.7 Å². The second-order valence-electron chi connectivity index (χ2n) is 7.10. The molecule has 0 radical (unpaired) electrons. The number of methoxy groups -OCH3 is 1. The Kier molecular flexibility index (Phi) is 5.36. The van der Waals surface area contributed by atoms with Crippen LogP contribution in [-0.4, -0.2) is 36.9 Å². The molecule has 24 heavy (non-hydrogen) atoms. The molecule has 1 aromatic carbocycles. The van der Waals surface area contributed by atoms with E-state index in [2.05, 4.69) is 10.1 Å². The number of hydrogen-bond donors (Lipinski definition) is 1. The van der Waals surface area contributed by atoms with Crippen molar-refractivity contribution in [1.82, 2.24) is 5.32 Å². The molecule has 1 fully saturated rings. The number of benzene rings is 1. The molecule has 2 rings (SSSR count). The van der Waals surface area contributed by atoms with Crippen molar-refractivity contribution in [3.8, 4) is 5.75 Å². The van der Waals surface area contributed by atoms with E-state index in [1.54, 1.807) is 6.07 Å². The zero-order valence-electron chi connectivity index (χ0n) is 14.7. The minimum Gasteiger partial charge on any atom is -0.491 e. The Hall–Kier alpha value is -2.24. The minimum atomic E-state index is -0.525. The molecule has 0 spiro atoms. The Labute approximate surface area is 142 Å². The maximum Gasteiger partial charge on any atom is 0.408 e. The van der Waals surface area contributed by atoms with Crippen molar-refractivity contribution in [3.05, 3.63) is 29.8 Å². The standard InChI is InChI=1S/C18H25NO5/c1-17(2,3)24-16(21)19-18(8-9-18)12-23-14-7-5-6-13(10-14)11-15(20)22-4/h5-7,10H,8-9,11-12H2,1-4H3,(H,19,21). The first kappa shape index (κ1) is 18.1. The summed E-state index contributed by atoms with van der Waals surface area (Å²) in [6.45, 7) is 5.86. The highest BCUT2D eigenvalue weighted by molar-refractivity contribution is 5.72. The van der Waals surface area contributed by atoms with Gasteiger partial charge in [-0.1, -0.05) is 12.1 Å². The molecule has 0 bridgehead atoms. The van der Waals surface area contributed by atoms with Crippen LogP contribution in [0.5, 0.6) is 5.75 Å². The second kappa shape index (κ2) is 7.11. The summed E-state index contributed by atoms with van der Waals surface area (Å²) < 4.78 is 15.7. The number of nitrogens with one attached hydrogen (secondary N) is 1. The Balaban J connectivity index is 1.87. The third kappa shape index (κ3) is 5.76. The van der Waals surface area contributed by atoms with Gasteiger partial charge in [-0.2, -0.15) is 0 Å². The van der Waals surface area contributed by atoms with Crippen molar-refractivity contribution in [1.29, 1.82) is 0 Å². The lowest BCUT2D eigenvalue weighted by Gasteiger charge is -2.23. The molecule has 0 atom stereocenters. The van der Waals surface area contributed by atoms with Gasteiger partial charge in [0.1, 0.15) is 18.0 Å². The van der Waals surface area contributed by atoms with Gasteiger partial charge in [-0.15, -0.1) is 0 Å². The molecule has 0 aromatic heterocycles. The Bertz CT molecular complexity index is 602. The largest absolute Gasteiger partial charge is 0.491 e. The fraction of sp³-hybridized carbons (Fsp3) is 0.556. The van der Waals surface area contributed by atoms with Crippen molar-refractivity contribution in [2.24, 2.45) is 0 Å². The first-order valence-electron chi connectivity index (χ1n) is 8.01. The molecular formula is C18H25NO5. The molecule has 1 saturated carbocycles. The van der Waals surface area contributed by atoms with E-state index in [9.17, 15) is 9.59 Å².